The molecule has 30 heavy (non-hydrogen) atoms. The van der Waals surface area contributed by atoms with Crippen LogP contribution in [0.5, 0.6) is 0 Å². The molecule has 0 fully saturated rings. The fourth-order valence-electron chi connectivity index (χ4n) is 3.55. The summed E-state index contributed by atoms with van der Waals surface area (Å²) >= 11 is 0. The van der Waals surface area contributed by atoms with Gasteiger partial charge in [-0.05, 0) is 35.6 Å². The van der Waals surface area contributed by atoms with Crippen molar-refractivity contribution in [3.05, 3.63) is 59.7 Å². The van der Waals surface area contributed by atoms with Crippen LogP contribution < -0.4 is 5.32 Å². The van der Waals surface area contributed by atoms with Gasteiger partial charge in [0.05, 0.1) is 34.6 Å². The first kappa shape index (κ1) is 20.5. The Morgan fingerprint density at radius 2 is 1.37 bits per heavy atom. The SMILES string of the molecule is CC(C)[C@H]1COC(c2ccccc2Nc2ccccc2C2=N[C@@H](C(C)(C)C)CO2)=N1. The average molecular weight is 406 g/mol. The highest BCUT2D eigenvalue weighted by molar-refractivity contribution is 6.04. The molecule has 0 saturated heterocycles. The van der Waals surface area contributed by atoms with E-state index in [0.29, 0.717) is 30.9 Å². The number of benzene rings is 2. The van der Waals surface area contributed by atoms with E-state index < -0.39 is 0 Å². The summed E-state index contributed by atoms with van der Waals surface area (Å²) in [5.41, 5.74) is 3.92. The third kappa shape index (κ3) is 4.20. The predicted molar refractivity (Wildman–Crippen MR) is 123 cm³/mol. The predicted octanol–water partition coefficient (Wildman–Crippen LogP) is 5.42. The van der Waals surface area contributed by atoms with Crippen molar-refractivity contribution in [2.45, 2.75) is 46.7 Å². The number of para-hydroxylation sites is 2. The van der Waals surface area contributed by atoms with Crippen LogP contribution in [0.1, 0.15) is 45.7 Å². The van der Waals surface area contributed by atoms with Crippen molar-refractivity contribution in [1.29, 1.82) is 0 Å². The second-order valence-corrected chi connectivity index (χ2v) is 9.40. The molecular formula is C25H31N3O2. The van der Waals surface area contributed by atoms with E-state index in [1.807, 2.05) is 36.4 Å². The van der Waals surface area contributed by atoms with Crippen LogP contribution in [-0.2, 0) is 9.47 Å². The molecule has 158 valence electrons. The standard InChI is InChI=1S/C25H31N3O2/c1-16(2)21-14-29-23(27-21)17-10-6-8-12-19(17)26-20-13-9-7-11-18(20)24-28-22(15-30-24)25(3,4)5/h6-13,16,21-22,26H,14-15H2,1-5H3/t21-,22-/m1/s1. The Morgan fingerprint density at radius 1 is 0.833 bits per heavy atom. The Balaban J connectivity index is 1.64. The third-order valence-corrected chi connectivity index (χ3v) is 5.68. The minimum Gasteiger partial charge on any atom is -0.475 e. The highest BCUT2D eigenvalue weighted by atomic mass is 16.5. The van der Waals surface area contributed by atoms with Crippen molar-refractivity contribution in [2.24, 2.45) is 21.3 Å². The van der Waals surface area contributed by atoms with Gasteiger partial charge in [0.15, 0.2) is 0 Å². The van der Waals surface area contributed by atoms with Gasteiger partial charge in [0.1, 0.15) is 13.2 Å². The minimum absolute atomic E-state index is 0.0711. The molecule has 0 amide bonds. The number of nitrogens with zero attached hydrogens (tertiary/aromatic N) is 2. The van der Waals surface area contributed by atoms with Gasteiger partial charge < -0.3 is 14.8 Å². The third-order valence-electron chi connectivity index (χ3n) is 5.68. The van der Waals surface area contributed by atoms with Gasteiger partial charge in [0.2, 0.25) is 11.8 Å². The van der Waals surface area contributed by atoms with E-state index in [4.69, 9.17) is 19.5 Å². The maximum atomic E-state index is 5.99. The summed E-state index contributed by atoms with van der Waals surface area (Å²) in [6.45, 7) is 12.2. The van der Waals surface area contributed by atoms with Gasteiger partial charge in [-0.1, -0.05) is 58.9 Å². The Bertz CT molecular complexity index is 972. The van der Waals surface area contributed by atoms with E-state index in [0.717, 1.165) is 22.5 Å². The first-order valence-electron chi connectivity index (χ1n) is 10.7. The molecule has 0 spiro atoms. The zero-order valence-electron chi connectivity index (χ0n) is 18.5. The molecule has 2 heterocycles. The summed E-state index contributed by atoms with van der Waals surface area (Å²) in [7, 11) is 0. The van der Waals surface area contributed by atoms with Crippen LogP contribution >= 0.6 is 0 Å². The lowest BCUT2D eigenvalue weighted by Gasteiger charge is -2.21. The quantitative estimate of drug-likeness (QED) is 0.722. The van der Waals surface area contributed by atoms with E-state index in [9.17, 15) is 0 Å². The molecule has 1 N–H and O–H groups in total. The Morgan fingerprint density at radius 3 is 1.87 bits per heavy atom. The van der Waals surface area contributed by atoms with Crippen LogP contribution in [0.4, 0.5) is 11.4 Å². The number of ether oxygens (including phenoxy) is 2. The molecule has 0 unspecified atom stereocenters. The molecule has 0 aromatic heterocycles. The van der Waals surface area contributed by atoms with Crippen LogP contribution in [0.3, 0.4) is 0 Å². The lowest BCUT2D eigenvalue weighted by atomic mass is 9.88. The molecule has 2 aromatic carbocycles. The summed E-state index contributed by atoms with van der Waals surface area (Å²) in [6.07, 6.45) is 0. The fourth-order valence-corrected chi connectivity index (χ4v) is 3.55. The summed E-state index contributed by atoms with van der Waals surface area (Å²) in [5.74, 6) is 1.86. The maximum absolute atomic E-state index is 5.99. The number of rotatable bonds is 5. The largest absolute Gasteiger partial charge is 0.475 e. The van der Waals surface area contributed by atoms with Crippen molar-refractivity contribution in [3.63, 3.8) is 0 Å². The average Bonchev–Trinajstić information content (AvgIpc) is 3.39. The van der Waals surface area contributed by atoms with Crippen LogP contribution in [0.2, 0.25) is 0 Å². The van der Waals surface area contributed by atoms with Crippen molar-refractivity contribution in [3.8, 4) is 0 Å². The summed E-state index contributed by atoms with van der Waals surface area (Å²) in [5, 5.41) is 3.57. The first-order valence-corrected chi connectivity index (χ1v) is 10.7. The number of hydrogen-bond acceptors (Lipinski definition) is 5. The molecule has 2 atom stereocenters. The van der Waals surface area contributed by atoms with Gasteiger partial charge >= 0.3 is 0 Å². The second-order valence-electron chi connectivity index (χ2n) is 9.40. The Hall–Kier alpha value is -2.82. The zero-order valence-corrected chi connectivity index (χ0v) is 18.5. The fraction of sp³-hybridized carbons (Fsp3) is 0.440. The number of aliphatic imine (C=N–C) groups is 2. The van der Waals surface area contributed by atoms with Crippen molar-refractivity contribution in [2.75, 3.05) is 18.5 Å². The second kappa shape index (κ2) is 8.13. The van der Waals surface area contributed by atoms with E-state index in [-0.39, 0.29) is 17.5 Å². The molecule has 2 aromatic rings. The zero-order chi connectivity index (χ0) is 21.3. The van der Waals surface area contributed by atoms with Crippen LogP contribution in [0, 0.1) is 11.3 Å². The topological polar surface area (TPSA) is 55.2 Å². The van der Waals surface area contributed by atoms with Gasteiger partial charge in [-0.25, -0.2) is 9.98 Å². The molecule has 0 radical (unpaired) electrons. The number of nitrogens with one attached hydrogen (secondary N) is 1. The molecule has 0 aliphatic carbocycles. The number of anilines is 2. The lowest BCUT2D eigenvalue weighted by molar-refractivity contribution is 0.236. The van der Waals surface area contributed by atoms with E-state index in [1.165, 1.54) is 0 Å². The first-order chi connectivity index (χ1) is 14.3. The monoisotopic (exact) mass is 405 g/mol. The van der Waals surface area contributed by atoms with Gasteiger partial charge in [-0.15, -0.1) is 0 Å². The van der Waals surface area contributed by atoms with Gasteiger partial charge in [-0.2, -0.15) is 0 Å². The number of hydrogen-bond donors (Lipinski definition) is 1. The van der Waals surface area contributed by atoms with E-state index >= 15 is 0 Å². The van der Waals surface area contributed by atoms with Crippen molar-refractivity contribution < 1.29 is 9.47 Å². The molecule has 4 rings (SSSR count). The Kier molecular flexibility index (Phi) is 5.54. The smallest absolute Gasteiger partial charge is 0.218 e. The molecule has 2 aliphatic rings. The van der Waals surface area contributed by atoms with Crippen LogP contribution in [0.25, 0.3) is 0 Å². The van der Waals surface area contributed by atoms with E-state index in [1.54, 1.807) is 0 Å². The van der Waals surface area contributed by atoms with Gasteiger partial charge in [0, 0.05) is 0 Å². The highest BCUT2D eigenvalue weighted by Crippen LogP contribution is 2.31. The van der Waals surface area contributed by atoms with Crippen molar-refractivity contribution in [1.82, 2.24) is 0 Å². The maximum Gasteiger partial charge on any atom is 0.218 e. The van der Waals surface area contributed by atoms with Gasteiger partial charge in [-0.3, -0.25) is 0 Å². The highest BCUT2D eigenvalue weighted by Gasteiger charge is 2.31. The molecule has 2 aliphatic heterocycles. The molecule has 5 nitrogen and oxygen atoms in total. The van der Waals surface area contributed by atoms with E-state index in [2.05, 4.69) is 52.1 Å². The van der Waals surface area contributed by atoms with Crippen LogP contribution in [-0.4, -0.2) is 37.1 Å². The van der Waals surface area contributed by atoms with Crippen LogP contribution in [0.15, 0.2) is 58.5 Å². The molecule has 5 heteroatoms. The lowest BCUT2D eigenvalue weighted by Crippen LogP contribution is -2.25. The summed E-state index contributed by atoms with van der Waals surface area (Å²) in [6, 6.07) is 16.6. The molecular weight excluding hydrogens is 374 g/mol. The minimum atomic E-state index is 0.0711. The molecule has 0 bridgehead atoms. The normalized spacial score (nSPS) is 21.1. The Labute approximate surface area is 179 Å². The molecule has 0 saturated carbocycles. The summed E-state index contributed by atoms with van der Waals surface area (Å²) in [4.78, 5) is 9.67. The van der Waals surface area contributed by atoms with Crippen molar-refractivity contribution >= 4 is 23.2 Å². The van der Waals surface area contributed by atoms with Gasteiger partial charge in [0.25, 0.3) is 0 Å². The summed E-state index contributed by atoms with van der Waals surface area (Å²) < 4.78 is 11.9.